The van der Waals surface area contributed by atoms with E-state index in [0.717, 1.165) is 23.5 Å². The molecule has 2 aromatic rings. The molecular weight excluding hydrogens is 280 g/mol. The molecule has 0 unspecified atom stereocenters. The minimum atomic E-state index is 0.122. The lowest BCUT2D eigenvalue weighted by molar-refractivity contribution is -0.121. The number of carbonyl (C=O) groups is 1. The van der Waals surface area contributed by atoms with Crippen LogP contribution in [0.25, 0.3) is 0 Å². The van der Waals surface area contributed by atoms with Crippen molar-refractivity contribution in [2.24, 2.45) is 0 Å². The molecule has 2 rings (SSSR count). The van der Waals surface area contributed by atoms with Crippen molar-refractivity contribution in [3.05, 3.63) is 51.0 Å². The number of carbonyl (C=O) groups excluding carboxylic acids is 1. The predicted octanol–water partition coefficient (Wildman–Crippen LogP) is 3.36. The van der Waals surface area contributed by atoms with Crippen LogP contribution in [-0.4, -0.2) is 17.4 Å². The van der Waals surface area contributed by atoms with Gasteiger partial charge in [0.2, 0.25) is 5.91 Å². The van der Waals surface area contributed by atoms with Gasteiger partial charge in [-0.1, -0.05) is 24.3 Å². The third kappa shape index (κ3) is 4.67. The first-order chi connectivity index (χ1) is 10.1. The van der Waals surface area contributed by atoms with Crippen LogP contribution in [0.15, 0.2) is 24.3 Å². The molecule has 1 amide bonds. The van der Waals surface area contributed by atoms with E-state index in [1.807, 2.05) is 26.0 Å². The van der Waals surface area contributed by atoms with Gasteiger partial charge in [-0.05, 0) is 38.3 Å². The summed E-state index contributed by atoms with van der Waals surface area (Å²) in [5.74, 6) is 0.122. The first-order valence-corrected chi connectivity index (χ1v) is 8.12. The molecule has 0 fully saturated rings. The third-order valence-corrected chi connectivity index (χ3v) is 4.69. The zero-order chi connectivity index (χ0) is 15.2. The lowest BCUT2D eigenvalue weighted by Crippen LogP contribution is -2.25. The highest BCUT2D eigenvalue weighted by Gasteiger charge is 2.06. The van der Waals surface area contributed by atoms with Gasteiger partial charge >= 0.3 is 0 Å². The molecule has 0 saturated heterocycles. The Morgan fingerprint density at radius 2 is 1.95 bits per heavy atom. The maximum Gasteiger partial charge on any atom is 0.220 e. The van der Waals surface area contributed by atoms with Gasteiger partial charge in [-0.3, -0.25) is 4.79 Å². The number of rotatable bonds is 6. The average Bonchev–Trinajstić information content (AvgIpc) is 2.76. The van der Waals surface area contributed by atoms with Gasteiger partial charge in [0.15, 0.2) is 0 Å². The lowest BCUT2D eigenvalue weighted by Gasteiger charge is -2.06. The minimum Gasteiger partial charge on any atom is -0.356 e. The van der Waals surface area contributed by atoms with Crippen molar-refractivity contribution in [1.82, 2.24) is 10.3 Å². The number of hydrogen-bond donors (Lipinski definition) is 1. The van der Waals surface area contributed by atoms with Gasteiger partial charge in [0.25, 0.3) is 0 Å². The summed E-state index contributed by atoms with van der Waals surface area (Å²) in [6.45, 7) is 6.82. The van der Waals surface area contributed by atoms with Crippen molar-refractivity contribution >= 4 is 17.2 Å². The van der Waals surface area contributed by atoms with E-state index < -0.39 is 0 Å². The highest BCUT2D eigenvalue weighted by molar-refractivity contribution is 7.11. The SMILES string of the molecule is Cc1nc(C)c(CCNC(=O)CCc2ccccc2C)s1. The summed E-state index contributed by atoms with van der Waals surface area (Å²) in [7, 11) is 0. The van der Waals surface area contributed by atoms with E-state index in [9.17, 15) is 4.79 Å². The van der Waals surface area contributed by atoms with Crippen LogP contribution in [0.2, 0.25) is 0 Å². The molecule has 1 aromatic carbocycles. The van der Waals surface area contributed by atoms with Crippen LogP contribution in [0, 0.1) is 20.8 Å². The molecule has 0 radical (unpaired) electrons. The Bertz CT molecular complexity index is 619. The number of nitrogens with zero attached hydrogens (tertiary/aromatic N) is 1. The molecule has 3 nitrogen and oxygen atoms in total. The second kappa shape index (κ2) is 7.36. The van der Waals surface area contributed by atoms with Crippen LogP contribution in [-0.2, 0) is 17.6 Å². The zero-order valence-electron chi connectivity index (χ0n) is 12.9. The van der Waals surface area contributed by atoms with Crippen molar-refractivity contribution in [1.29, 1.82) is 0 Å². The Balaban J connectivity index is 1.73. The molecular formula is C17H22N2OS. The van der Waals surface area contributed by atoms with Gasteiger partial charge in [0.1, 0.15) is 0 Å². The molecule has 0 atom stereocenters. The smallest absolute Gasteiger partial charge is 0.220 e. The minimum absolute atomic E-state index is 0.122. The topological polar surface area (TPSA) is 42.0 Å². The van der Waals surface area contributed by atoms with Crippen LogP contribution in [0.5, 0.6) is 0 Å². The lowest BCUT2D eigenvalue weighted by atomic mass is 10.0. The summed E-state index contributed by atoms with van der Waals surface area (Å²) in [4.78, 5) is 17.6. The third-order valence-electron chi connectivity index (χ3n) is 3.56. The van der Waals surface area contributed by atoms with Gasteiger partial charge in [0.05, 0.1) is 10.7 Å². The van der Waals surface area contributed by atoms with Crippen LogP contribution in [0.4, 0.5) is 0 Å². The van der Waals surface area contributed by atoms with Gasteiger partial charge < -0.3 is 5.32 Å². The quantitative estimate of drug-likeness (QED) is 0.889. The van der Waals surface area contributed by atoms with E-state index in [2.05, 4.69) is 29.4 Å². The summed E-state index contributed by atoms with van der Waals surface area (Å²) in [5.41, 5.74) is 3.59. The normalized spacial score (nSPS) is 10.6. The fraction of sp³-hybridized carbons (Fsp3) is 0.412. The predicted molar refractivity (Wildman–Crippen MR) is 87.8 cm³/mol. The molecule has 0 aliphatic rings. The maximum absolute atomic E-state index is 11.9. The second-order valence-corrected chi connectivity index (χ2v) is 6.56. The van der Waals surface area contributed by atoms with Crippen LogP contribution < -0.4 is 5.32 Å². The largest absolute Gasteiger partial charge is 0.356 e. The summed E-state index contributed by atoms with van der Waals surface area (Å²) >= 11 is 1.72. The Labute approximate surface area is 130 Å². The molecule has 21 heavy (non-hydrogen) atoms. The number of amides is 1. The van der Waals surface area contributed by atoms with E-state index in [0.29, 0.717) is 13.0 Å². The van der Waals surface area contributed by atoms with Gasteiger partial charge in [-0.15, -0.1) is 11.3 Å². The van der Waals surface area contributed by atoms with E-state index in [-0.39, 0.29) is 5.91 Å². The summed E-state index contributed by atoms with van der Waals surface area (Å²) < 4.78 is 0. The second-order valence-electron chi connectivity index (χ2n) is 5.27. The van der Waals surface area contributed by atoms with Gasteiger partial charge in [-0.25, -0.2) is 4.98 Å². The number of aromatic nitrogens is 1. The first-order valence-electron chi connectivity index (χ1n) is 7.30. The number of aryl methyl sites for hydroxylation is 4. The van der Waals surface area contributed by atoms with E-state index in [1.165, 1.54) is 16.0 Å². The van der Waals surface area contributed by atoms with Gasteiger partial charge in [0, 0.05) is 24.3 Å². The van der Waals surface area contributed by atoms with Crippen molar-refractivity contribution in [2.45, 2.75) is 40.0 Å². The Kier molecular flexibility index (Phi) is 5.51. The zero-order valence-corrected chi connectivity index (χ0v) is 13.7. The summed E-state index contributed by atoms with van der Waals surface area (Å²) in [6, 6.07) is 8.22. The number of thiazole rings is 1. The Morgan fingerprint density at radius 1 is 1.19 bits per heavy atom. The molecule has 1 N–H and O–H groups in total. The van der Waals surface area contributed by atoms with E-state index in [4.69, 9.17) is 0 Å². The van der Waals surface area contributed by atoms with Crippen LogP contribution >= 0.6 is 11.3 Å². The molecule has 0 bridgehead atoms. The Hall–Kier alpha value is -1.68. The van der Waals surface area contributed by atoms with E-state index in [1.54, 1.807) is 11.3 Å². The maximum atomic E-state index is 11.9. The molecule has 1 heterocycles. The highest BCUT2D eigenvalue weighted by Crippen LogP contribution is 2.17. The summed E-state index contributed by atoms with van der Waals surface area (Å²) in [6.07, 6.45) is 2.22. The standard InChI is InChI=1S/C17H22N2OS/c1-12-6-4-5-7-15(12)8-9-17(20)18-11-10-16-13(2)19-14(3)21-16/h4-7H,8-11H2,1-3H3,(H,18,20). The molecule has 1 aromatic heterocycles. The molecule has 4 heteroatoms. The monoisotopic (exact) mass is 302 g/mol. The molecule has 112 valence electrons. The fourth-order valence-electron chi connectivity index (χ4n) is 2.35. The highest BCUT2D eigenvalue weighted by atomic mass is 32.1. The average molecular weight is 302 g/mol. The van der Waals surface area contributed by atoms with Crippen LogP contribution in [0.3, 0.4) is 0 Å². The van der Waals surface area contributed by atoms with Crippen molar-refractivity contribution in [3.63, 3.8) is 0 Å². The van der Waals surface area contributed by atoms with Gasteiger partial charge in [-0.2, -0.15) is 0 Å². The van der Waals surface area contributed by atoms with Crippen molar-refractivity contribution < 1.29 is 4.79 Å². The number of nitrogens with one attached hydrogen (secondary N) is 1. The van der Waals surface area contributed by atoms with E-state index >= 15 is 0 Å². The van der Waals surface area contributed by atoms with Crippen molar-refractivity contribution in [3.8, 4) is 0 Å². The van der Waals surface area contributed by atoms with Crippen LogP contribution in [0.1, 0.15) is 33.1 Å². The summed E-state index contributed by atoms with van der Waals surface area (Å²) in [5, 5.41) is 4.09. The molecule has 0 aliphatic carbocycles. The molecule has 0 saturated carbocycles. The molecule has 0 spiro atoms. The first kappa shape index (κ1) is 15.7. The fourth-order valence-corrected chi connectivity index (χ4v) is 3.28. The molecule has 0 aliphatic heterocycles. The number of hydrogen-bond acceptors (Lipinski definition) is 3. The Morgan fingerprint density at radius 3 is 2.62 bits per heavy atom. The van der Waals surface area contributed by atoms with Crippen molar-refractivity contribution in [2.75, 3.05) is 6.54 Å². The number of benzene rings is 1.